The van der Waals surface area contributed by atoms with Crippen molar-refractivity contribution in [2.24, 2.45) is 5.10 Å². The zero-order chi connectivity index (χ0) is 23.9. The van der Waals surface area contributed by atoms with Gasteiger partial charge in [0, 0.05) is 10.6 Å². The van der Waals surface area contributed by atoms with Crippen LogP contribution in [-0.2, 0) is 11.4 Å². The molecule has 0 saturated heterocycles. The lowest BCUT2D eigenvalue weighted by Crippen LogP contribution is -2.19. The van der Waals surface area contributed by atoms with Crippen LogP contribution in [0, 0.1) is 0 Å². The van der Waals surface area contributed by atoms with Gasteiger partial charge in [0.15, 0.2) is 17.1 Å². The molecular formula is C24H19BrClN3O4S. The Labute approximate surface area is 213 Å². The lowest BCUT2D eigenvalue weighted by molar-refractivity contribution is -0.118. The van der Waals surface area contributed by atoms with E-state index < -0.39 is 0 Å². The molecule has 0 aliphatic rings. The summed E-state index contributed by atoms with van der Waals surface area (Å²) in [5, 5.41) is 5.09. The monoisotopic (exact) mass is 559 g/mol. The number of hydrazone groups is 1. The highest BCUT2D eigenvalue weighted by atomic mass is 79.9. The van der Waals surface area contributed by atoms with Crippen molar-refractivity contribution in [1.82, 2.24) is 10.4 Å². The number of aromatic nitrogens is 1. The maximum absolute atomic E-state index is 12.1. The number of carbonyl (C=O) groups is 1. The van der Waals surface area contributed by atoms with Crippen LogP contribution in [0.15, 0.2) is 79.9 Å². The lowest BCUT2D eigenvalue weighted by atomic mass is 10.2. The largest absolute Gasteiger partial charge is 0.493 e. The molecule has 1 heterocycles. The molecule has 0 fully saturated rings. The van der Waals surface area contributed by atoms with Crippen molar-refractivity contribution >= 4 is 62.5 Å². The second-order valence-corrected chi connectivity index (χ2v) is 9.13. The topological polar surface area (TPSA) is 86.0 Å². The zero-order valence-electron chi connectivity index (χ0n) is 18.0. The van der Waals surface area contributed by atoms with Gasteiger partial charge in [-0.2, -0.15) is 5.10 Å². The Balaban J connectivity index is 1.34. The molecule has 0 aliphatic heterocycles. The van der Waals surface area contributed by atoms with E-state index >= 15 is 0 Å². The molecule has 0 aliphatic carbocycles. The third kappa shape index (κ3) is 6.11. The number of nitrogens with zero attached hydrogens (tertiary/aromatic N) is 2. The van der Waals surface area contributed by atoms with E-state index in [4.69, 9.17) is 25.5 Å². The maximum Gasteiger partial charge on any atom is 0.257 e. The van der Waals surface area contributed by atoms with E-state index in [9.17, 15) is 4.79 Å². The fraction of sp³-hybridized carbons (Fsp3) is 0.125. The summed E-state index contributed by atoms with van der Waals surface area (Å²) in [4.78, 5) is 16.5. The summed E-state index contributed by atoms with van der Waals surface area (Å²) in [5.74, 6) is 0.889. The van der Waals surface area contributed by atoms with Crippen LogP contribution in [-0.4, -0.2) is 30.0 Å². The van der Waals surface area contributed by atoms with Crippen LogP contribution in [0.25, 0.3) is 11.1 Å². The number of hydrogen-bond acceptors (Lipinski definition) is 7. The van der Waals surface area contributed by atoms with Crippen LogP contribution in [0.3, 0.4) is 0 Å². The number of para-hydroxylation sites is 2. The smallest absolute Gasteiger partial charge is 0.257 e. The minimum absolute atomic E-state index is 0.117. The Hall–Kier alpha value is -3.01. The Bertz CT molecular complexity index is 1310. The quantitative estimate of drug-likeness (QED) is 0.152. The van der Waals surface area contributed by atoms with Gasteiger partial charge in [-0.3, -0.25) is 4.79 Å². The first-order valence-corrected chi connectivity index (χ1v) is 12.2. The first-order valence-electron chi connectivity index (χ1n) is 10.1. The summed E-state index contributed by atoms with van der Waals surface area (Å²) in [5.41, 5.74) is 5.50. The van der Waals surface area contributed by atoms with Gasteiger partial charge < -0.3 is 13.9 Å². The van der Waals surface area contributed by atoms with E-state index in [1.807, 2.05) is 54.6 Å². The minimum atomic E-state index is -0.283. The van der Waals surface area contributed by atoms with Gasteiger partial charge in [0.25, 0.3) is 11.1 Å². The Morgan fingerprint density at radius 2 is 2.03 bits per heavy atom. The second kappa shape index (κ2) is 11.4. The molecule has 0 bridgehead atoms. The van der Waals surface area contributed by atoms with Crippen molar-refractivity contribution in [3.8, 4) is 11.5 Å². The van der Waals surface area contributed by atoms with E-state index in [1.54, 1.807) is 13.2 Å². The number of ether oxygens (including phenoxy) is 2. The average molecular weight is 561 g/mol. The standard InChI is InChI=1S/C24H19BrClN3O4S/c1-31-21-11-15(10-17(25)23(21)32-13-16-6-2-3-7-18(16)26)12-27-29-22(30)14-34-24-28-19-8-4-5-9-20(19)33-24/h2-12H,13-14H2,1H3,(H,29,30)/b27-12-. The van der Waals surface area contributed by atoms with Crippen LogP contribution in [0.4, 0.5) is 0 Å². The normalized spacial score (nSPS) is 11.1. The summed E-state index contributed by atoms with van der Waals surface area (Å²) in [6.07, 6.45) is 1.52. The van der Waals surface area contributed by atoms with Crippen LogP contribution >= 0.6 is 39.3 Å². The van der Waals surface area contributed by atoms with Crippen molar-refractivity contribution in [3.05, 3.63) is 81.3 Å². The molecular weight excluding hydrogens is 542 g/mol. The molecule has 0 atom stereocenters. The molecule has 0 radical (unpaired) electrons. The minimum Gasteiger partial charge on any atom is -0.493 e. The van der Waals surface area contributed by atoms with Gasteiger partial charge in [-0.25, -0.2) is 10.4 Å². The molecule has 1 amide bonds. The van der Waals surface area contributed by atoms with Gasteiger partial charge in [-0.05, 0) is 51.8 Å². The Kier molecular flexibility index (Phi) is 8.10. The highest BCUT2D eigenvalue weighted by molar-refractivity contribution is 9.10. The van der Waals surface area contributed by atoms with Crippen molar-refractivity contribution in [1.29, 1.82) is 0 Å². The zero-order valence-corrected chi connectivity index (χ0v) is 21.1. The fourth-order valence-corrected chi connectivity index (χ4v) is 4.37. The summed E-state index contributed by atoms with van der Waals surface area (Å²) < 4.78 is 17.7. The molecule has 174 valence electrons. The lowest BCUT2D eigenvalue weighted by Gasteiger charge is -2.14. The van der Waals surface area contributed by atoms with Crippen LogP contribution < -0.4 is 14.9 Å². The summed E-state index contributed by atoms with van der Waals surface area (Å²) in [7, 11) is 1.55. The molecule has 4 aromatic rings. The van der Waals surface area contributed by atoms with E-state index in [1.165, 1.54) is 18.0 Å². The van der Waals surface area contributed by atoms with Gasteiger partial charge >= 0.3 is 0 Å². The number of thioether (sulfide) groups is 1. The first kappa shape index (κ1) is 24.1. The summed E-state index contributed by atoms with van der Waals surface area (Å²) in [6.45, 7) is 0.288. The number of oxazole rings is 1. The Morgan fingerprint density at radius 3 is 2.82 bits per heavy atom. The van der Waals surface area contributed by atoms with Crippen molar-refractivity contribution < 1.29 is 18.7 Å². The van der Waals surface area contributed by atoms with Gasteiger partial charge in [0.2, 0.25) is 0 Å². The number of amides is 1. The predicted octanol–water partition coefficient (Wildman–Crippen LogP) is 6.07. The van der Waals surface area contributed by atoms with Crippen molar-refractivity contribution in [2.75, 3.05) is 12.9 Å². The number of fused-ring (bicyclic) bond motifs is 1. The number of halogens is 2. The molecule has 0 saturated carbocycles. The van der Waals surface area contributed by atoms with Gasteiger partial charge in [0.1, 0.15) is 12.1 Å². The SMILES string of the molecule is COc1cc(/C=N\NC(=O)CSc2nc3ccccc3o2)cc(Br)c1OCc1ccccc1Cl. The molecule has 0 spiro atoms. The highest BCUT2D eigenvalue weighted by Gasteiger charge is 2.13. The van der Waals surface area contributed by atoms with E-state index in [0.717, 1.165) is 11.1 Å². The maximum atomic E-state index is 12.1. The summed E-state index contributed by atoms with van der Waals surface area (Å²) >= 11 is 10.9. The molecule has 1 aromatic heterocycles. The van der Waals surface area contributed by atoms with Crippen LogP contribution in [0.2, 0.25) is 5.02 Å². The van der Waals surface area contributed by atoms with E-state index in [2.05, 4.69) is 31.4 Å². The number of hydrogen-bond donors (Lipinski definition) is 1. The molecule has 34 heavy (non-hydrogen) atoms. The fourth-order valence-electron chi connectivity index (χ4n) is 2.97. The number of nitrogens with one attached hydrogen (secondary N) is 1. The van der Waals surface area contributed by atoms with Crippen LogP contribution in [0.5, 0.6) is 11.5 Å². The third-order valence-corrected chi connectivity index (χ3v) is 6.37. The van der Waals surface area contributed by atoms with Crippen LogP contribution in [0.1, 0.15) is 11.1 Å². The number of rotatable bonds is 9. The van der Waals surface area contributed by atoms with Gasteiger partial charge in [0.05, 0.1) is 23.5 Å². The predicted molar refractivity (Wildman–Crippen MR) is 137 cm³/mol. The first-order chi connectivity index (χ1) is 16.5. The van der Waals surface area contributed by atoms with E-state index in [0.29, 0.717) is 37.4 Å². The average Bonchev–Trinajstić information content (AvgIpc) is 3.26. The Morgan fingerprint density at radius 1 is 1.24 bits per heavy atom. The number of carbonyl (C=O) groups excluding carboxylic acids is 1. The molecule has 0 unspecified atom stereocenters. The highest BCUT2D eigenvalue weighted by Crippen LogP contribution is 2.37. The molecule has 4 rings (SSSR count). The van der Waals surface area contributed by atoms with Crippen molar-refractivity contribution in [3.63, 3.8) is 0 Å². The summed E-state index contributed by atoms with van der Waals surface area (Å²) in [6, 6.07) is 18.5. The molecule has 3 aromatic carbocycles. The molecule has 1 N–H and O–H groups in total. The number of methoxy groups -OCH3 is 1. The second-order valence-electron chi connectivity index (χ2n) is 6.94. The van der Waals surface area contributed by atoms with Gasteiger partial charge in [-0.15, -0.1) is 0 Å². The van der Waals surface area contributed by atoms with Crippen molar-refractivity contribution in [2.45, 2.75) is 11.8 Å². The number of benzene rings is 3. The van der Waals surface area contributed by atoms with E-state index in [-0.39, 0.29) is 18.3 Å². The molecule has 10 heteroatoms. The van der Waals surface area contributed by atoms with Gasteiger partial charge in [-0.1, -0.05) is 53.7 Å². The third-order valence-electron chi connectivity index (χ3n) is 4.59. The molecule has 7 nitrogen and oxygen atoms in total.